The summed E-state index contributed by atoms with van der Waals surface area (Å²) in [5, 5.41) is 0. The fourth-order valence-corrected chi connectivity index (χ4v) is 2.36. The number of likely N-dealkylation sites (tertiary alicyclic amines) is 1. The number of hydrogen-bond donors (Lipinski definition) is 1. The lowest BCUT2D eigenvalue weighted by molar-refractivity contribution is -0.151. The van der Waals surface area contributed by atoms with Gasteiger partial charge >= 0.3 is 5.97 Å². The average molecular weight is 242 g/mol. The molecule has 0 aliphatic carbocycles. The van der Waals surface area contributed by atoms with E-state index >= 15 is 0 Å². The van der Waals surface area contributed by atoms with Crippen LogP contribution in [0.25, 0.3) is 0 Å². The monoisotopic (exact) mass is 242 g/mol. The van der Waals surface area contributed by atoms with Crippen LogP contribution in [0.2, 0.25) is 0 Å². The SMILES string of the molecule is COC(=O)C(C)(C)CCN1CCCC(CN)C1. The Kier molecular flexibility index (Phi) is 5.40. The quantitative estimate of drug-likeness (QED) is 0.737. The summed E-state index contributed by atoms with van der Waals surface area (Å²) in [5.74, 6) is 0.509. The van der Waals surface area contributed by atoms with Gasteiger partial charge in [0.1, 0.15) is 0 Å². The molecule has 1 aliphatic rings. The zero-order valence-corrected chi connectivity index (χ0v) is 11.4. The minimum atomic E-state index is -0.385. The van der Waals surface area contributed by atoms with Gasteiger partial charge < -0.3 is 15.4 Å². The lowest BCUT2D eigenvalue weighted by Crippen LogP contribution is -2.40. The van der Waals surface area contributed by atoms with Crippen LogP contribution in [0.5, 0.6) is 0 Å². The molecule has 4 nitrogen and oxygen atoms in total. The fraction of sp³-hybridized carbons (Fsp3) is 0.923. The maximum atomic E-state index is 11.6. The normalized spacial score (nSPS) is 22.5. The first-order valence-electron chi connectivity index (χ1n) is 6.50. The number of nitrogens with two attached hydrogens (primary N) is 1. The number of hydrogen-bond acceptors (Lipinski definition) is 4. The topological polar surface area (TPSA) is 55.6 Å². The lowest BCUT2D eigenvalue weighted by Gasteiger charge is -2.34. The Labute approximate surface area is 104 Å². The van der Waals surface area contributed by atoms with Crippen LogP contribution in [0, 0.1) is 11.3 Å². The molecule has 100 valence electrons. The standard InChI is InChI=1S/C13H26N2O2/c1-13(2,12(16)17-3)6-8-15-7-4-5-11(9-14)10-15/h11H,4-10,14H2,1-3H3. The Hall–Kier alpha value is -0.610. The number of carbonyl (C=O) groups is 1. The van der Waals surface area contributed by atoms with Crippen molar-refractivity contribution in [3.8, 4) is 0 Å². The highest BCUT2D eigenvalue weighted by Crippen LogP contribution is 2.24. The molecule has 1 unspecified atom stereocenters. The van der Waals surface area contributed by atoms with E-state index in [2.05, 4.69) is 4.90 Å². The van der Waals surface area contributed by atoms with E-state index in [0.29, 0.717) is 5.92 Å². The van der Waals surface area contributed by atoms with Crippen LogP contribution in [0.3, 0.4) is 0 Å². The Balaban J connectivity index is 2.37. The summed E-state index contributed by atoms with van der Waals surface area (Å²) >= 11 is 0. The van der Waals surface area contributed by atoms with Crippen molar-refractivity contribution in [2.45, 2.75) is 33.1 Å². The molecule has 17 heavy (non-hydrogen) atoms. The molecule has 0 radical (unpaired) electrons. The largest absolute Gasteiger partial charge is 0.469 e. The molecule has 0 aromatic heterocycles. The molecule has 1 fully saturated rings. The van der Waals surface area contributed by atoms with Crippen LogP contribution < -0.4 is 5.73 Å². The second-order valence-electron chi connectivity index (χ2n) is 5.67. The molecule has 4 heteroatoms. The first-order valence-corrected chi connectivity index (χ1v) is 6.50. The van der Waals surface area contributed by atoms with E-state index in [0.717, 1.165) is 32.6 Å². The van der Waals surface area contributed by atoms with Gasteiger partial charge in [0.15, 0.2) is 0 Å². The van der Waals surface area contributed by atoms with Crippen LogP contribution in [0.1, 0.15) is 33.1 Å². The van der Waals surface area contributed by atoms with Gasteiger partial charge in [-0.25, -0.2) is 0 Å². The lowest BCUT2D eigenvalue weighted by atomic mass is 9.88. The molecule has 0 amide bonds. The third-order valence-electron chi connectivity index (χ3n) is 3.73. The molecular formula is C13H26N2O2. The summed E-state index contributed by atoms with van der Waals surface area (Å²) < 4.78 is 4.82. The molecule has 1 aliphatic heterocycles. The highest BCUT2D eigenvalue weighted by molar-refractivity contribution is 5.75. The van der Waals surface area contributed by atoms with Gasteiger partial charge in [-0.2, -0.15) is 0 Å². The van der Waals surface area contributed by atoms with Crippen molar-refractivity contribution in [1.82, 2.24) is 4.90 Å². The number of piperidine rings is 1. The number of esters is 1. The van der Waals surface area contributed by atoms with E-state index < -0.39 is 0 Å². The van der Waals surface area contributed by atoms with Gasteiger partial charge in [0, 0.05) is 6.54 Å². The minimum absolute atomic E-state index is 0.120. The molecule has 1 rings (SSSR count). The van der Waals surface area contributed by atoms with Gasteiger partial charge in [0.25, 0.3) is 0 Å². The zero-order chi connectivity index (χ0) is 12.9. The van der Waals surface area contributed by atoms with Gasteiger partial charge in [-0.05, 0) is 58.7 Å². The third kappa shape index (κ3) is 4.28. The van der Waals surface area contributed by atoms with E-state index in [4.69, 9.17) is 10.5 Å². The maximum absolute atomic E-state index is 11.6. The summed E-state index contributed by atoms with van der Waals surface area (Å²) in [6.07, 6.45) is 3.31. The number of nitrogens with zero attached hydrogens (tertiary/aromatic N) is 1. The van der Waals surface area contributed by atoms with E-state index in [1.807, 2.05) is 13.8 Å². The van der Waals surface area contributed by atoms with Crippen molar-refractivity contribution in [2.24, 2.45) is 17.1 Å². The molecule has 2 N–H and O–H groups in total. The van der Waals surface area contributed by atoms with Crippen molar-refractivity contribution >= 4 is 5.97 Å². The third-order valence-corrected chi connectivity index (χ3v) is 3.73. The van der Waals surface area contributed by atoms with Crippen molar-refractivity contribution in [3.63, 3.8) is 0 Å². The van der Waals surface area contributed by atoms with E-state index in [-0.39, 0.29) is 11.4 Å². The highest BCUT2D eigenvalue weighted by atomic mass is 16.5. The second kappa shape index (κ2) is 6.36. The Morgan fingerprint density at radius 3 is 2.82 bits per heavy atom. The van der Waals surface area contributed by atoms with Crippen LogP contribution in [-0.4, -0.2) is 44.2 Å². The molecule has 0 spiro atoms. The smallest absolute Gasteiger partial charge is 0.311 e. The predicted octanol–water partition coefficient (Wildman–Crippen LogP) is 1.25. The zero-order valence-electron chi connectivity index (χ0n) is 11.4. The van der Waals surface area contributed by atoms with E-state index in [1.165, 1.54) is 20.0 Å². The summed E-state index contributed by atoms with van der Waals surface area (Å²) in [7, 11) is 1.45. The van der Waals surface area contributed by atoms with Crippen molar-refractivity contribution in [2.75, 3.05) is 33.3 Å². The Bertz CT molecular complexity index is 254. The Morgan fingerprint density at radius 2 is 2.24 bits per heavy atom. The number of rotatable bonds is 5. The van der Waals surface area contributed by atoms with Crippen LogP contribution in [-0.2, 0) is 9.53 Å². The van der Waals surface area contributed by atoms with Crippen molar-refractivity contribution < 1.29 is 9.53 Å². The summed E-state index contributed by atoms with van der Waals surface area (Å²) in [5.41, 5.74) is 5.33. The first-order chi connectivity index (χ1) is 7.99. The summed E-state index contributed by atoms with van der Waals surface area (Å²) in [4.78, 5) is 14.0. The van der Waals surface area contributed by atoms with Crippen LogP contribution in [0.4, 0.5) is 0 Å². The minimum Gasteiger partial charge on any atom is -0.469 e. The average Bonchev–Trinajstić information content (AvgIpc) is 2.35. The molecular weight excluding hydrogens is 216 g/mol. The highest BCUT2D eigenvalue weighted by Gasteiger charge is 2.29. The molecule has 1 heterocycles. The second-order valence-corrected chi connectivity index (χ2v) is 5.67. The van der Waals surface area contributed by atoms with Gasteiger partial charge in [-0.3, -0.25) is 4.79 Å². The molecule has 0 bridgehead atoms. The van der Waals surface area contributed by atoms with Gasteiger partial charge in [-0.1, -0.05) is 0 Å². The molecule has 1 atom stereocenters. The summed E-state index contributed by atoms with van der Waals surface area (Å²) in [6, 6.07) is 0. The molecule has 0 aromatic rings. The molecule has 0 saturated carbocycles. The Morgan fingerprint density at radius 1 is 1.53 bits per heavy atom. The predicted molar refractivity (Wildman–Crippen MR) is 68.6 cm³/mol. The number of carbonyl (C=O) groups excluding carboxylic acids is 1. The fourth-order valence-electron chi connectivity index (χ4n) is 2.36. The van der Waals surface area contributed by atoms with Crippen LogP contribution >= 0.6 is 0 Å². The van der Waals surface area contributed by atoms with Gasteiger partial charge in [0.2, 0.25) is 0 Å². The maximum Gasteiger partial charge on any atom is 0.311 e. The van der Waals surface area contributed by atoms with Crippen molar-refractivity contribution in [1.29, 1.82) is 0 Å². The van der Waals surface area contributed by atoms with Crippen molar-refractivity contribution in [3.05, 3.63) is 0 Å². The van der Waals surface area contributed by atoms with Gasteiger partial charge in [-0.15, -0.1) is 0 Å². The van der Waals surface area contributed by atoms with E-state index in [1.54, 1.807) is 0 Å². The molecule has 0 aromatic carbocycles. The van der Waals surface area contributed by atoms with E-state index in [9.17, 15) is 4.79 Å². The number of methoxy groups -OCH3 is 1. The van der Waals surface area contributed by atoms with Gasteiger partial charge in [0.05, 0.1) is 12.5 Å². The van der Waals surface area contributed by atoms with Crippen LogP contribution in [0.15, 0.2) is 0 Å². The number of ether oxygens (including phenoxy) is 1. The first kappa shape index (κ1) is 14.5. The summed E-state index contributed by atoms with van der Waals surface area (Å²) in [6.45, 7) is 7.84. The molecule has 1 saturated heterocycles.